The highest BCUT2D eigenvalue weighted by Gasteiger charge is 2.04. The Hall–Kier alpha value is -2.93. The summed E-state index contributed by atoms with van der Waals surface area (Å²) in [6.45, 7) is 2.26. The van der Waals surface area contributed by atoms with E-state index in [2.05, 4.69) is 15.8 Å². The molecule has 0 amide bonds. The maximum absolute atomic E-state index is 10.5. The Morgan fingerprint density at radius 3 is 2.46 bits per heavy atom. The van der Waals surface area contributed by atoms with Crippen LogP contribution in [0.15, 0.2) is 59.7 Å². The van der Waals surface area contributed by atoms with Crippen molar-refractivity contribution in [2.45, 2.75) is 19.9 Å². The summed E-state index contributed by atoms with van der Waals surface area (Å²) in [5, 5.41) is 16.5. The lowest BCUT2D eigenvalue weighted by molar-refractivity contribution is -0.139. The number of carboxylic acids is 1. The fourth-order valence-electron chi connectivity index (χ4n) is 2.17. The van der Waals surface area contributed by atoms with E-state index in [0.29, 0.717) is 23.8 Å². The van der Waals surface area contributed by atoms with Crippen LogP contribution in [0.25, 0.3) is 0 Å². The van der Waals surface area contributed by atoms with Crippen LogP contribution in [0.3, 0.4) is 0 Å². The molecule has 0 saturated heterocycles. The van der Waals surface area contributed by atoms with Gasteiger partial charge in [-0.3, -0.25) is 5.43 Å². The van der Waals surface area contributed by atoms with Gasteiger partial charge in [-0.15, -0.1) is 0 Å². The Labute approximate surface area is 157 Å². The molecule has 26 heavy (non-hydrogen) atoms. The van der Waals surface area contributed by atoms with Crippen LogP contribution in [0.2, 0.25) is 0 Å². The molecule has 3 N–H and O–H groups in total. The number of carboxylic acid groups (broad SMARTS) is 1. The molecular formula is C19H21N3O3S. The Bertz CT molecular complexity index is 761. The molecule has 0 saturated carbocycles. The molecular weight excluding hydrogens is 350 g/mol. The molecule has 2 aromatic carbocycles. The minimum atomic E-state index is -1.01. The molecule has 0 bridgehead atoms. The van der Waals surface area contributed by atoms with Gasteiger partial charge in [0.25, 0.3) is 0 Å². The SMILES string of the molecule is CC/C(=N/NC(=S)NCc1ccccc1)c1ccc(OCC(=O)O)cc1. The van der Waals surface area contributed by atoms with Crippen LogP contribution in [-0.2, 0) is 11.3 Å². The lowest BCUT2D eigenvalue weighted by atomic mass is 10.1. The van der Waals surface area contributed by atoms with Gasteiger partial charge in [0.2, 0.25) is 0 Å². The molecule has 0 heterocycles. The molecule has 0 atom stereocenters. The number of hydrogen-bond donors (Lipinski definition) is 3. The van der Waals surface area contributed by atoms with E-state index in [1.807, 2.05) is 49.4 Å². The minimum absolute atomic E-state index is 0.364. The van der Waals surface area contributed by atoms with Crippen LogP contribution in [0.5, 0.6) is 5.75 Å². The standard InChI is InChI=1S/C19H21N3O3S/c1-2-17(15-8-10-16(11-9-15)25-13-18(23)24)21-22-19(26)20-12-14-6-4-3-5-7-14/h3-11H,2,12-13H2,1H3,(H,23,24)(H2,20,22,26)/b21-17-. The maximum Gasteiger partial charge on any atom is 0.341 e. The number of hydrazone groups is 1. The molecule has 0 aliphatic carbocycles. The molecule has 0 spiro atoms. The first-order valence-corrected chi connectivity index (χ1v) is 8.58. The molecule has 0 aliphatic rings. The predicted octanol–water partition coefficient (Wildman–Crippen LogP) is 2.93. The largest absolute Gasteiger partial charge is 0.482 e. The number of nitrogens with zero attached hydrogens (tertiary/aromatic N) is 1. The first-order valence-electron chi connectivity index (χ1n) is 8.18. The number of rotatable bonds is 8. The second-order valence-corrected chi connectivity index (χ2v) is 5.81. The van der Waals surface area contributed by atoms with Crippen molar-refractivity contribution in [3.05, 3.63) is 65.7 Å². The third-order valence-corrected chi connectivity index (χ3v) is 3.71. The molecule has 2 aromatic rings. The van der Waals surface area contributed by atoms with Crippen LogP contribution >= 0.6 is 12.2 Å². The number of thiocarbonyl (C=S) groups is 1. The predicted molar refractivity (Wildman–Crippen MR) is 105 cm³/mol. The highest BCUT2D eigenvalue weighted by atomic mass is 32.1. The van der Waals surface area contributed by atoms with E-state index in [0.717, 1.165) is 16.8 Å². The van der Waals surface area contributed by atoms with E-state index in [1.54, 1.807) is 12.1 Å². The monoisotopic (exact) mass is 371 g/mol. The molecule has 2 rings (SSSR count). The maximum atomic E-state index is 10.5. The Balaban J connectivity index is 1.90. The Morgan fingerprint density at radius 1 is 1.15 bits per heavy atom. The van der Waals surface area contributed by atoms with Gasteiger partial charge in [-0.2, -0.15) is 5.10 Å². The van der Waals surface area contributed by atoms with E-state index >= 15 is 0 Å². The van der Waals surface area contributed by atoms with E-state index in [1.165, 1.54) is 0 Å². The summed E-state index contributed by atoms with van der Waals surface area (Å²) in [5.74, 6) is -0.509. The first kappa shape index (κ1) is 19.4. The summed E-state index contributed by atoms with van der Waals surface area (Å²) in [5.41, 5.74) is 5.73. The molecule has 136 valence electrons. The van der Waals surface area contributed by atoms with E-state index in [9.17, 15) is 4.79 Å². The number of nitrogens with one attached hydrogen (secondary N) is 2. The molecule has 0 radical (unpaired) electrons. The van der Waals surface area contributed by atoms with Crippen molar-refractivity contribution in [2.24, 2.45) is 5.10 Å². The van der Waals surface area contributed by atoms with Gasteiger partial charge in [0.15, 0.2) is 11.7 Å². The number of carbonyl (C=O) groups is 1. The third kappa shape index (κ3) is 6.52. The smallest absolute Gasteiger partial charge is 0.341 e. The second-order valence-electron chi connectivity index (χ2n) is 5.40. The summed E-state index contributed by atoms with van der Waals surface area (Å²) in [6.07, 6.45) is 0.712. The van der Waals surface area contributed by atoms with Crippen LogP contribution in [-0.4, -0.2) is 28.5 Å². The zero-order valence-electron chi connectivity index (χ0n) is 14.4. The summed E-state index contributed by atoms with van der Waals surface area (Å²) in [4.78, 5) is 10.5. The average Bonchev–Trinajstić information content (AvgIpc) is 2.67. The molecule has 0 aliphatic heterocycles. The molecule has 6 nitrogen and oxygen atoms in total. The molecule has 0 unspecified atom stereocenters. The Kier molecular flexibility index (Phi) is 7.57. The zero-order chi connectivity index (χ0) is 18.8. The molecule has 7 heteroatoms. The molecule has 0 fully saturated rings. The summed E-state index contributed by atoms with van der Waals surface area (Å²) >= 11 is 5.24. The van der Waals surface area contributed by atoms with E-state index in [-0.39, 0.29) is 6.61 Å². The summed E-state index contributed by atoms with van der Waals surface area (Å²) in [7, 11) is 0. The van der Waals surface area contributed by atoms with Crippen molar-refractivity contribution < 1.29 is 14.6 Å². The van der Waals surface area contributed by atoms with Crippen LogP contribution in [0.4, 0.5) is 0 Å². The van der Waals surface area contributed by atoms with Crippen molar-refractivity contribution in [1.29, 1.82) is 0 Å². The summed E-state index contributed by atoms with van der Waals surface area (Å²) in [6, 6.07) is 17.1. The highest BCUT2D eigenvalue weighted by molar-refractivity contribution is 7.80. The van der Waals surface area contributed by atoms with Gasteiger partial charge in [-0.1, -0.05) is 37.3 Å². The van der Waals surface area contributed by atoms with E-state index < -0.39 is 5.97 Å². The van der Waals surface area contributed by atoms with Gasteiger partial charge in [0.1, 0.15) is 5.75 Å². The topological polar surface area (TPSA) is 83.0 Å². The van der Waals surface area contributed by atoms with Gasteiger partial charge in [0.05, 0.1) is 5.71 Å². The molecule has 0 aromatic heterocycles. The van der Waals surface area contributed by atoms with Gasteiger partial charge in [-0.25, -0.2) is 4.79 Å². The third-order valence-electron chi connectivity index (χ3n) is 3.47. The summed E-state index contributed by atoms with van der Waals surface area (Å²) < 4.78 is 5.12. The van der Waals surface area contributed by atoms with Crippen LogP contribution in [0.1, 0.15) is 24.5 Å². The second kappa shape index (κ2) is 10.1. The number of aliphatic carboxylic acids is 1. The minimum Gasteiger partial charge on any atom is -0.482 e. The van der Waals surface area contributed by atoms with Gasteiger partial charge in [0, 0.05) is 6.54 Å². The van der Waals surface area contributed by atoms with Crippen LogP contribution < -0.4 is 15.5 Å². The lowest BCUT2D eigenvalue weighted by Gasteiger charge is -2.10. The number of hydrogen-bond acceptors (Lipinski definition) is 4. The Morgan fingerprint density at radius 2 is 1.85 bits per heavy atom. The van der Waals surface area contributed by atoms with Gasteiger partial charge in [-0.05, 0) is 54.0 Å². The van der Waals surface area contributed by atoms with Crippen LogP contribution in [0, 0.1) is 0 Å². The van der Waals surface area contributed by atoms with Crippen molar-refractivity contribution in [1.82, 2.24) is 10.7 Å². The van der Waals surface area contributed by atoms with Gasteiger partial charge >= 0.3 is 5.97 Å². The average molecular weight is 371 g/mol. The fraction of sp³-hybridized carbons (Fsp3) is 0.211. The highest BCUT2D eigenvalue weighted by Crippen LogP contribution is 2.13. The zero-order valence-corrected chi connectivity index (χ0v) is 15.3. The van der Waals surface area contributed by atoms with E-state index in [4.69, 9.17) is 22.1 Å². The van der Waals surface area contributed by atoms with Gasteiger partial charge < -0.3 is 15.2 Å². The normalized spacial score (nSPS) is 10.9. The first-order chi connectivity index (χ1) is 12.6. The fourth-order valence-corrected chi connectivity index (χ4v) is 2.29. The number of ether oxygens (including phenoxy) is 1. The van der Waals surface area contributed by atoms with Crippen molar-refractivity contribution >= 4 is 29.0 Å². The number of benzene rings is 2. The van der Waals surface area contributed by atoms with Crippen molar-refractivity contribution in [3.63, 3.8) is 0 Å². The van der Waals surface area contributed by atoms with Crippen molar-refractivity contribution in [3.8, 4) is 5.75 Å². The quantitative estimate of drug-likeness (QED) is 0.376. The lowest BCUT2D eigenvalue weighted by Crippen LogP contribution is -2.32. The van der Waals surface area contributed by atoms with Crippen molar-refractivity contribution in [2.75, 3.05) is 6.61 Å².